The van der Waals surface area contributed by atoms with Crippen LogP contribution in [0.3, 0.4) is 0 Å². The molecule has 21 heavy (non-hydrogen) atoms. The zero-order valence-corrected chi connectivity index (χ0v) is 12.2. The molecule has 0 heterocycles. The molecule has 0 aliphatic heterocycles. The van der Waals surface area contributed by atoms with Gasteiger partial charge >= 0.3 is 5.97 Å². The topological polar surface area (TPSA) is 49.3 Å². The van der Waals surface area contributed by atoms with E-state index in [1.807, 2.05) is 0 Å². The van der Waals surface area contributed by atoms with Gasteiger partial charge in [0.15, 0.2) is 0 Å². The molecule has 0 aromatic heterocycles. The highest BCUT2D eigenvalue weighted by Gasteiger charge is 2.34. The maximum atomic E-state index is 13.7. The summed E-state index contributed by atoms with van der Waals surface area (Å²) in [5.41, 5.74) is -0.361. The lowest BCUT2D eigenvalue weighted by Crippen LogP contribution is -2.45. The number of hydrogen-bond acceptors (Lipinski definition) is 2. The molecule has 0 saturated heterocycles. The van der Waals surface area contributed by atoms with Crippen LogP contribution in [0, 0.1) is 5.82 Å². The highest BCUT2D eigenvalue weighted by Crippen LogP contribution is 2.23. The van der Waals surface area contributed by atoms with Crippen LogP contribution in [0.2, 0.25) is 5.02 Å². The number of rotatable bonds is 5. The molecule has 3 nitrogen and oxygen atoms in total. The molecule has 2 aromatic rings. The highest BCUT2D eigenvalue weighted by atomic mass is 35.5. The lowest BCUT2D eigenvalue weighted by Gasteiger charge is -2.27. The van der Waals surface area contributed by atoms with E-state index < -0.39 is 17.3 Å². The van der Waals surface area contributed by atoms with E-state index in [4.69, 9.17) is 11.6 Å². The maximum Gasteiger partial charge on any atom is 0.329 e. The van der Waals surface area contributed by atoms with Gasteiger partial charge in [-0.3, -0.25) is 0 Å². The molecule has 110 valence electrons. The number of carboxylic acids is 1. The van der Waals surface area contributed by atoms with Crippen LogP contribution in [0.1, 0.15) is 12.5 Å². The SMILES string of the molecule is CC(Cc1ccccc1F)(Nc1ccc(Cl)cc1)C(=O)O. The van der Waals surface area contributed by atoms with Crippen LogP contribution >= 0.6 is 11.6 Å². The van der Waals surface area contributed by atoms with E-state index in [9.17, 15) is 14.3 Å². The fourth-order valence-electron chi connectivity index (χ4n) is 2.05. The van der Waals surface area contributed by atoms with Crippen LogP contribution in [-0.2, 0) is 11.2 Å². The van der Waals surface area contributed by atoms with Crippen molar-refractivity contribution in [2.45, 2.75) is 18.9 Å². The molecule has 0 spiro atoms. The van der Waals surface area contributed by atoms with Gasteiger partial charge in [0.2, 0.25) is 0 Å². The summed E-state index contributed by atoms with van der Waals surface area (Å²) < 4.78 is 13.7. The minimum absolute atomic E-state index is 0.0254. The number of halogens is 2. The van der Waals surface area contributed by atoms with E-state index in [0.29, 0.717) is 16.3 Å². The van der Waals surface area contributed by atoms with Crippen molar-refractivity contribution in [3.05, 3.63) is 64.9 Å². The van der Waals surface area contributed by atoms with E-state index in [2.05, 4.69) is 5.32 Å². The molecule has 1 unspecified atom stereocenters. The Labute approximate surface area is 127 Å². The van der Waals surface area contributed by atoms with Crippen molar-refractivity contribution in [1.82, 2.24) is 0 Å². The van der Waals surface area contributed by atoms with Crippen LogP contribution in [0.5, 0.6) is 0 Å². The summed E-state index contributed by atoms with van der Waals surface area (Å²) >= 11 is 5.80. The van der Waals surface area contributed by atoms with Crippen LogP contribution in [0.25, 0.3) is 0 Å². The largest absolute Gasteiger partial charge is 0.480 e. The van der Waals surface area contributed by atoms with Gasteiger partial charge in [-0.2, -0.15) is 0 Å². The lowest BCUT2D eigenvalue weighted by molar-refractivity contribution is -0.141. The normalized spacial score (nSPS) is 13.5. The first-order valence-corrected chi connectivity index (χ1v) is 6.79. The second-order valence-corrected chi connectivity index (χ2v) is 5.47. The van der Waals surface area contributed by atoms with Gasteiger partial charge in [0.05, 0.1) is 0 Å². The van der Waals surface area contributed by atoms with Crippen molar-refractivity contribution < 1.29 is 14.3 Å². The third-order valence-electron chi connectivity index (χ3n) is 3.24. The van der Waals surface area contributed by atoms with Crippen molar-refractivity contribution in [2.75, 3.05) is 5.32 Å². The minimum Gasteiger partial charge on any atom is -0.480 e. The fraction of sp³-hybridized carbons (Fsp3) is 0.188. The van der Waals surface area contributed by atoms with Crippen LogP contribution < -0.4 is 5.32 Å². The Balaban J connectivity index is 2.26. The molecule has 2 N–H and O–H groups in total. The molecule has 0 saturated carbocycles. The Morgan fingerprint density at radius 1 is 1.24 bits per heavy atom. The molecular formula is C16H15ClFNO2. The van der Waals surface area contributed by atoms with Crippen molar-refractivity contribution in [3.8, 4) is 0 Å². The standard InChI is InChI=1S/C16H15ClFNO2/c1-16(15(20)21,10-11-4-2-3-5-14(11)18)19-13-8-6-12(17)7-9-13/h2-9,19H,10H2,1H3,(H,20,21). The number of aliphatic carboxylic acids is 1. The number of hydrogen-bond donors (Lipinski definition) is 2. The van der Waals surface area contributed by atoms with Gasteiger partial charge in [0.25, 0.3) is 0 Å². The molecular weight excluding hydrogens is 293 g/mol. The van der Waals surface area contributed by atoms with Gasteiger partial charge in [-0.05, 0) is 42.8 Å². The minimum atomic E-state index is -1.32. The van der Waals surface area contributed by atoms with E-state index in [1.54, 1.807) is 42.5 Å². The summed E-state index contributed by atoms with van der Waals surface area (Å²) in [5.74, 6) is -1.47. The molecule has 2 rings (SSSR count). The van der Waals surface area contributed by atoms with Crippen molar-refractivity contribution in [1.29, 1.82) is 0 Å². The van der Waals surface area contributed by atoms with Crippen LogP contribution in [-0.4, -0.2) is 16.6 Å². The number of anilines is 1. The summed E-state index contributed by atoms with van der Waals surface area (Å²) in [5, 5.41) is 13.0. The summed E-state index contributed by atoms with van der Waals surface area (Å²) in [6.07, 6.45) is 0.0254. The summed E-state index contributed by atoms with van der Waals surface area (Å²) in [7, 11) is 0. The average Bonchev–Trinajstić information content (AvgIpc) is 2.44. The Hall–Kier alpha value is -2.07. The molecule has 0 amide bonds. The van der Waals surface area contributed by atoms with Gasteiger partial charge in [-0.25, -0.2) is 9.18 Å². The Morgan fingerprint density at radius 2 is 1.86 bits per heavy atom. The third kappa shape index (κ3) is 3.73. The molecule has 0 fully saturated rings. The van der Waals surface area contributed by atoms with Gasteiger partial charge in [0.1, 0.15) is 11.4 Å². The fourth-order valence-corrected chi connectivity index (χ4v) is 2.17. The Morgan fingerprint density at radius 3 is 2.43 bits per heavy atom. The number of carbonyl (C=O) groups is 1. The van der Waals surface area contributed by atoms with Crippen molar-refractivity contribution in [3.63, 3.8) is 0 Å². The van der Waals surface area contributed by atoms with E-state index in [0.717, 1.165) is 0 Å². The molecule has 0 aliphatic carbocycles. The van der Waals surface area contributed by atoms with Crippen LogP contribution in [0.4, 0.5) is 10.1 Å². The number of nitrogens with one attached hydrogen (secondary N) is 1. The van der Waals surface area contributed by atoms with Gasteiger partial charge in [0, 0.05) is 17.1 Å². The molecule has 0 aliphatic rings. The highest BCUT2D eigenvalue weighted by molar-refractivity contribution is 6.30. The van der Waals surface area contributed by atoms with E-state index in [1.165, 1.54) is 13.0 Å². The Bertz CT molecular complexity index is 645. The van der Waals surface area contributed by atoms with Crippen molar-refractivity contribution in [2.24, 2.45) is 0 Å². The van der Waals surface area contributed by atoms with Crippen LogP contribution in [0.15, 0.2) is 48.5 Å². The van der Waals surface area contributed by atoms with E-state index >= 15 is 0 Å². The molecule has 2 aromatic carbocycles. The zero-order valence-electron chi connectivity index (χ0n) is 11.4. The second kappa shape index (κ2) is 6.14. The predicted octanol–water partition coefficient (Wildman–Crippen LogP) is 3.98. The second-order valence-electron chi connectivity index (χ2n) is 5.04. The summed E-state index contributed by atoms with van der Waals surface area (Å²) in [4.78, 5) is 11.6. The van der Waals surface area contributed by atoms with Gasteiger partial charge in [-0.1, -0.05) is 29.8 Å². The first-order chi connectivity index (χ1) is 9.90. The number of carboxylic acid groups (broad SMARTS) is 1. The smallest absolute Gasteiger partial charge is 0.329 e. The predicted molar refractivity (Wildman–Crippen MR) is 81.2 cm³/mol. The summed E-state index contributed by atoms with van der Waals surface area (Å²) in [6, 6.07) is 12.9. The third-order valence-corrected chi connectivity index (χ3v) is 3.49. The molecule has 5 heteroatoms. The first kappa shape index (κ1) is 15.3. The zero-order chi connectivity index (χ0) is 15.5. The van der Waals surface area contributed by atoms with E-state index in [-0.39, 0.29) is 6.42 Å². The molecule has 1 atom stereocenters. The molecule has 0 bridgehead atoms. The van der Waals surface area contributed by atoms with Crippen molar-refractivity contribution >= 4 is 23.3 Å². The Kier molecular flexibility index (Phi) is 4.48. The maximum absolute atomic E-state index is 13.7. The lowest BCUT2D eigenvalue weighted by atomic mass is 9.92. The number of benzene rings is 2. The molecule has 0 radical (unpaired) electrons. The monoisotopic (exact) mass is 307 g/mol. The summed E-state index contributed by atoms with van der Waals surface area (Å²) in [6.45, 7) is 1.52. The quantitative estimate of drug-likeness (QED) is 0.878. The average molecular weight is 308 g/mol. The van der Waals surface area contributed by atoms with Gasteiger partial charge in [-0.15, -0.1) is 0 Å². The van der Waals surface area contributed by atoms with Gasteiger partial charge < -0.3 is 10.4 Å². The first-order valence-electron chi connectivity index (χ1n) is 6.41.